The average molecular weight is 293 g/mol. The third-order valence-corrected chi connectivity index (χ3v) is 4.22. The average Bonchev–Trinajstić information content (AvgIpc) is 2.78. The van der Waals surface area contributed by atoms with Gasteiger partial charge in [0.1, 0.15) is 5.69 Å². The molecule has 21 heavy (non-hydrogen) atoms. The van der Waals surface area contributed by atoms with E-state index in [9.17, 15) is 9.90 Å². The Hall–Kier alpha value is -1.33. The number of hydrogen-bond donors (Lipinski definition) is 3. The number of nitrogens with zero attached hydrogens (tertiary/aromatic N) is 1. The first-order valence-corrected chi connectivity index (χ1v) is 7.80. The Morgan fingerprint density at radius 2 is 2.14 bits per heavy atom. The Labute approximate surface area is 126 Å². The summed E-state index contributed by atoms with van der Waals surface area (Å²) < 4.78 is 0. The molecule has 0 spiro atoms. The van der Waals surface area contributed by atoms with Crippen LogP contribution in [0.5, 0.6) is 0 Å². The van der Waals surface area contributed by atoms with Gasteiger partial charge in [-0.15, -0.1) is 0 Å². The van der Waals surface area contributed by atoms with E-state index in [-0.39, 0.29) is 5.91 Å². The lowest BCUT2D eigenvalue weighted by molar-refractivity contribution is 0.0792. The van der Waals surface area contributed by atoms with Gasteiger partial charge in [0.2, 0.25) is 0 Å². The second kappa shape index (κ2) is 7.09. The maximum atomic E-state index is 12.1. The van der Waals surface area contributed by atoms with Gasteiger partial charge in [-0.25, -0.2) is 0 Å². The smallest absolute Gasteiger partial charge is 0.268 e. The number of aromatic amines is 1. The number of nitrogens with one attached hydrogen (secondary N) is 2. The van der Waals surface area contributed by atoms with E-state index >= 15 is 0 Å². The van der Waals surface area contributed by atoms with Crippen LogP contribution in [0.1, 0.15) is 41.5 Å². The van der Waals surface area contributed by atoms with Crippen LogP contribution in [0.15, 0.2) is 6.07 Å². The molecule has 2 rings (SSSR count). The van der Waals surface area contributed by atoms with Crippen LogP contribution in [0.25, 0.3) is 0 Å². The van der Waals surface area contributed by atoms with Gasteiger partial charge >= 0.3 is 0 Å². The summed E-state index contributed by atoms with van der Waals surface area (Å²) >= 11 is 0. The number of hydrogen-bond acceptors (Lipinski definition) is 3. The van der Waals surface area contributed by atoms with Crippen LogP contribution in [0.2, 0.25) is 0 Å². The van der Waals surface area contributed by atoms with Gasteiger partial charge in [-0.3, -0.25) is 4.79 Å². The predicted octanol–water partition coefficient (Wildman–Crippen LogP) is 1.45. The molecule has 0 bridgehead atoms. The molecule has 1 aromatic rings. The predicted molar refractivity (Wildman–Crippen MR) is 83.4 cm³/mol. The minimum Gasteiger partial charge on any atom is -0.390 e. The number of aliphatic hydroxyl groups excluding tert-OH is 1. The molecule has 1 saturated heterocycles. The standard InChI is InChI=1S/C16H27N3O2/c1-11-4-6-19(7-5-11)10-14(20)9-17-16(21)15-12(2)8-13(3)18-15/h8,11,14,18,20H,4-7,9-10H2,1-3H3,(H,17,21). The summed E-state index contributed by atoms with van der Waals surface area (Å²) in [6, 6.07) is 1.94. The second-order valence-electron chi connectivity index (χ2n) is 6.36. The van der Waals surface area contributed by atoms with E-state index in [4.69, 9.17) is 0 Å². The normalized spacial score (nSPS) is 18.7. The first-order valence-electron chi connectivity index (χ1n) is 7.80. The van der Waals surface area contributed by atoms with Crippen molar-refractivity contribution in [3.63, 3.8) is 0 Å². The number of carbonyl (C=O) groups is 1. The van der Waals surface area contributed by atoms with Crippen molar-refractivity contribution < 1.29 is 9.90 Å². The zero-order chi connectivity index (χ0) is 15.4. The summed E-state index contributed by atoms with van der Waals surface area (Å²) in [6.07, 6.45) is 1.87. The minimum atomic E-state index is -0.515. The number of carbonyl (C=O) groups excluding carboxylic acids is 1. The van der Waals surface area contributed by atoms with Gasteiger partial charge in [0.15, 0.2) is 0 Å². The summed E-state index contributed by atoms with van der Waals surface area (Å²) in [5.74, 6) is 0.643. The fraction of sp³-hybridized carbons (Fsp3) is 0.688. The minimum absolute atomic E-state index is 0.146. The van der Waals surface area contributed by atoms with E-state index in [1.165, 1.54) is 12.8 Å². The van der Waals surface area contributed by atoms with Crippen LogP contribution in [0.3, 0.4) is 0 Å². The van der Waals surface area contributed by atoms with Crippen LogP contribution in [-0.2, 0) is 0 Å². The van der Waals surface area contributed by atoms with E-state index < -0.39 is 6.10 Å². The summed E-state index contributed by atoms with van der Waals surface area (Å²) in [4.78, 5) is 17.4. The third kappa shape index (κ3) is 4.58. The molecule has 1 fully saturated rings. The Bertz CT molecular complexity index is 476. The van der Waals surface area contributed by atoms with Gasteiger partial charge in [0, 0.05) is 18.8 Å². The van der Waals surface area contributed by atoms with Crippen molar-refractivity contribution in [2.75, 3.05) is 26.2 Å². The number of aryl methyl sites for hydroxylation is 2. The molecule has 1 aliphatic heterocycles. The number of aliphatic hydroxyl groups is 1. The van der Waals surface area contributed by atoms with Gasteiger partial charge in [0.05, 0.1) is 6.10 Å². The highest BCUT2D eigenvalue weighted by Gasteiger charge is 2.19. The molecule has 0 aliphatic carbocycles. The molecule has 118 valence electrons. The Balaban J connectivity index is 1.74. The lowest BCUT2D eigenvalue weighted by Gasteiger charge is -2.31. The molecular weight excluding hydrogens is 266 g/mol. The lowest BCUT2D eigenvalue weighted by Crippen LogP contribution is -2.43. The molecule has 1 unspecified atom stereocenters. The number of aromatic nitrogens is 1. The molecular formula is C16H27N3O2. The molecule has 5 heteroatoms. The number of likely N-dealkylation sites (tertiary alicyclic amines) is 1. The maximum Gasteiger partial charge on any atom is 0.268 e. The van der Waals surface area contributed by atoms with Crippen molar-refractivity contribution in [3.8, 4) is 0 Å². The quantitative estimate of drug-likeness (QED) is 0.770. The molecule has 2 heterocycles. The van der Waals surface area contributed by atoms with Crippen LogP contribution in [0, 0.1) is 19.8 Å². The van der Waals surface area contributed by atoms with E-state index in [1.54, 1.807) is 0 Å². The van der Waals surface area contributed by atoms with Gasteiger partial charge in [-0.2, -0.15) is 0 Å². The van der Waals surface area contributed by atoms with Crippen molar-refractivity contribution in [1.82, 2.24) is 15.2 Å². The molecule has 3 N–H and O–H groups in total. The summed E-state index contributed by atoms with van der Waals surface area (Å²) in [5, 5.41) is 12.9. The van der Waals surface area contributed by atoms with Crippen LogP contribution >= 0.6 is 0 Å². The fourth-order valence-electron chi connectivity index (χ4n) is 2.87. The van der Waals surface area contributed by atoms with Crippen molar-refractivity contribution in [1.29, 1.82) is 0 Å². The maximum absolute atomic E-state index is 12.1. The van der Waals surface area contributed by atoms with E-state index in [2.05, 4.69) is 22.1 Å². The first-order chi connectivity index (χ1) is 9.95. The lowest BCUT2D eigenvalue weighted by atomic mass is 9.99. The largest absolute Gasteiger partial charge is 0.390 e. The number of H-pyrrole nitrogens is 1. The highest BCUT2D eigenvalue weighted by molar-refractivity contribution is 5.93. The zero-order valence-electron chi connectivity index (χ0n) is 13.3. The highest BCUT2D eigenvalue weighted by Crippen LogP contribution is 2.15. The number of amides is 1. The van der Waals surface area contributed by atoms with Crippen LogP contribution in [0.4, 0.5) is 0 Å². The topological polar surface area (TPSA) is 68.4 Å². The van der Waals surface area contributed by atoms with Gasteiger partial charge in [-0.05, 0) is 57.3 Å². The van der Waals surface area contributed by atoms with Gasteiger partial charge < -0.3 is 20.3 Å². The Morgan fingerprint density at radius 1 is 1.48 bits per heavy atom. The van der Waals surface area contributed by atoms with E-state index in [1.807, 2.05) is 19.9 Å². The SMILES string of the molecule is Cc1cc(C)c(C(=O)NCC(O)CN2CCC(C)CC2)[nH]1. The first kappa shape index (κ1) is 16.0. The van der Waals surface area contributed by atoms with Crippen molar-refractivity contribution in [2.24, 2.45) is 5.92 Å². The van der Waals surface area contributed by atoms with Gasteiger partial charge in [-0.1, -0.05) is 6.92 Å². The molecule has 0 saturated carbocycles. The van der Waals surface area contributed by atoms with Crippen LogP contribution < -0.4 is 5.32 Å². The molecule has 1 aromatic heterocycles. The highest BCUT2D eigenvalue weighted by atomic mass is 16.3. The molecule has 1 aliphatic rings. The summed E-state index contributed by atoms with van der Waals surface area (Å²) in [7, 11) is 0. The van der Waals surface area contributed by atoms with E-state index in [0.717, 1.165) is 30.3 Å². The fourth-order valence-corrected chi connectivity index (χ4v) is 2.87. The van der Waals surface area contributed by atoms with Crippen molar-refractivity contribution >= 4 is 5.91 Å². The third-order valence-electron chi connectivity index (χ3n) is 4.22. The second-order valence-corrected chi connectivity index (χ2v) is 6.36. The molecule has 1 amide bonds. The van der Waals surface area contributed by atoms with Crippen molar-refractivity contribution in [3.05, 3.63) is 23.0 Å². The van der Waals surface area contributed by atoms with Crippen molar-refractivity contribution in [2.45, 2.75) is 39.7 Å². The molecule has 5 nitrogen and oxygen atoms in total. The number of rotatable bonds is 5. The monoisotopic (exact) mass is 293 g/mol. The number of piperidine rings is 1. The van der Waals surface area contributed by atoms with Gasteiger partial charge in [0.25, 0.3) is 5.91 Å². The number of β-amino-alcohol motifs (C(OH)–C–C–N with tert-alkyl or cyclic N) is 1. The summed E-state index contributed by atoms with van der Waals surface area (Å²) in [6.45, 7) is 9.12. The molecule has 0 aromatic carbocycles. The molecule has 0 radical (unpaired) electrons. The summed E-state index contributed by atoms with van der Waals surface area (Å²) in [5.41, 5.74) is 2.50. The molecule has 1 atom stereocenters. The van der Waals surface area contributed by atoms with E-state index in [0.29, 0.717) is 18.8 Å². The Morgan fingerprint density at radius 3 is 2.71 bits per heavy atom. The van der Waals surface area contributed by atoms with Crippen LogP contribution in [-0.4, -0.2) is 53.2 Å². The Kier molecular flexibility index (Phi) is 5.42. The zero-order valence-corrected chi connectivity index (χ0v) is 13.3.